The number of anilines is 1. The SMILES string of the molecule is CC(C)(C)OC(=O)N1CCN(c2nc(OC[C@@]34CCCN3C[C@H](F)C4)nc3c(F)c(-c4cccc5cccc(C#[C][Tl])c45)ccc23)C[C@@H]1CC#N.P.[SH-]. The average molecular weight is 949 g/mol. The van der Waals surface area contributed by atoms with Crippen LogP contribution in [0.2, 0.25) is 0 Å². The van der Waals surface area contributed by atoms with Crippen LogP contribution in [0.1, 0.15) is 52.0 Å². The van der Waals surface area contributed by atoms with Gasteiger partial charge in [-0.1, -0.05) is 0 Å². The number of aromatic nitrogens is 2. The molecular weight excluding hydrogens is 906 g/mol. The van der Waals surface area contributed by atoms with Gasteiger partial charge in [0.1, 0.15) is 11.8 Å². The normalized spacial score (nSPS) is 21.2. The van der Waals surface area contributed by atoms with Crippen molar-refractivity contribution in [2.45, 2.75) is 69.8 Å². The molecule has 1 amide bonds. The predicted octanol–water partition coefficient (Wildman–Crippen LogP) is 6.15. The van der Waals surface area contributed by atoms with Crippen molar-refractivity contribution in [2.24, 2.45) is 0 Å². The number of thiol groups is 1. The summed E-state index contributed by atoms with van der Waals surface area (Å²) in [5, 5.41) is 12.0. The quantitative estimate of drug-likeness (QED) is 0.0743. The molecule has 3 aliphatic rings. The van der Waals surface area contributed by atoms with Crippen LogP contribution < -0.4 is 9.64 Å². The molecular formula is C39H43F2N6O3PSTl-. The summed E-state index contributed by atoms with van der Waals surface area (Å²) in [5.74, 6) is 3.17. The van der Waals surface area contributed by atoms with E-state index in [9.17, 15) is 14.4 Å². The van der Waals surface area contributed by atoms with Gasteiger partial charge in [-0.2, -0.15) is 15.2 Å². The zero-order valence-electron chi connectivity index (χ0n) is 30.2. The number of ether oxygens (including phenoxy) is 2. The molecule has 0 aliphatic carbocycles. The molecule has 0 saturated carbocycles. The monoisotopic (exact) mass is 949 g/mol. The summed E-state index contributed by atoms with van der Waals surface area (Å²) in [6.45, 7) is 7.71. The predicted molar refractivity (Wildman–Crippen MR) is 213 cm³/mol. The Labute approximate surface area is 335 Å². The fourth-order valence-corrected chi connectivity index (χ4v) is 8.53. The van der Waals surface area contributed by atoms with Crippen molar-refractivity contribution in [1.82, 2.24) is 19.8 Å². The van der Waals surface area contributed by atoms with E-state index in [2.05, 4.69) is 25.4 Å². The van der Waals surface area contributed by atoms with Crippen molar-refractivity contribution >= 4 is 82.7 Å². The average Bonchev–Trinajstić information content (AvgIpc) is 3.62. The van der Waals surface area contributed by atoms with Crippen LogP contribution >= 0.6 is 9.90 Å². The van der Waals surface area contributed by atoms with Gasteiger partial charge in [-0.25, -0.2) is 9.18 Å². The number of benzene rings is 3. The van der Waals surface area contributed by atoms with E-state index in [1.165, 1.54) is 0 Å². The van der Waals surface area contributed by atoms with Gasteiger partial charge in [0.15, 0.2) is 0 Å². The number of fused-ring (bicyclic) bond motifs is 3. The number of amides is 1. The molecule has 7 rings (SSSR count). The molecule has 0 spiro atoms. The van der Waals surface area contributed by atoms with E-state index in [4.69, 9.17) is 14.5 Å². The first kappa shape index (κ1) is 40.9. The maximum absolute atomic E-state index is 17.1. The number of carbonyl (C=O) groups excluding carboxylic acids is 1. The van der Waals surface area contributed by atoms with Crippen molar-refractivity contribution in [2.75, 3.05) is 44.2 Å². The molecule has 3 aliphatic heterocycles. The van der Waals surface area contributed by atoms with Gasteiger partial charge in [-0.3, -0.25) is 4.90 Å². The number of alkyl halides is 1. The Kier molecular flexibility index (Phi) is 12.8. The van der Waals surface area contributed by atoms with Crippen LogP contribution in [0, 0.1) is 26.5 Å². The molecule has 276 valence electrons. The third kappa shape index (κ3) is 8.22. The molecule has 1 aromatic heterocycles. The summed E-state index contributed by atoms with van der Waals surface area (Å²) in [4.78, 5) is 28.4. The number of hydrogen-bond donors (Lipinski definition) is 0. The standard InChI is InChI=1S/C39H39F2N6O3.H3P.H2S.Tl/c1-5-25-9-6-10-26-11-7-12-29(32(25)26)30-13-14-31-34(33(30)41)43-36(49-24-39-16-8-18-46(39)22-27(40)21-39)44-35(31)45-19-20-47(28(23-45)15-17-42)37(48)50-38(2,3)4;;;/h6-7,9-14,27-28H,8,15-16,18-24H2,2-4H3;1H3;1H2;/p-1/t27-,28+,39+;;;/m1.../s1. The number of piperazine rings is 1. The molecule has 53 heavy (non-hydrogen) atoms. The molecule has 1 unspecified atom stereocenters. The Morgan fingerprint density at radius 3 is 2.58 bits per heavy atom. The van der Waals surface area contributed by atoms with Gasteiger partial charge in [0.2, 0.25) is 0 Å². The van der Waals surface area contributed by atoms with E-state index in [1.54, 1.807) is 31.7 Å². The van der Waals surface area contributed by atoms with Gasteiger partial charge in [0.05, 0.1) is 24.1 Å². The summed E-state index contributed by atoms with van der Waals surface area (Å²) in [7, 11) is 0. The molecule has 9 nitrogen and oxygen atoms in total. The Morgan fingerprint density at radius 1 is 1.08 bits per heavy atom. The minimum Gasteiger partial charge on any atom is -0.813 e. The smallest absolute Gasteiger partial charge is 0.813 e. The van der Waals surface area contributed by atoms with E-state index in [1.807, 2.05) is 47.4 Å². The fraction of sp³-hybridized carbons (Fsp3) is 0.436. The van der Waals surface area contributed by atoms with Gasteiger partial charge in [0, 0.05) is 19.5 Å². The first-order valence-electron chi connectivity index (χ1n) is 17.4. The van der Waals surface area contributed by atoms with Crippen LogP contribution in [0.5, 0.6) is 6.01 Å². The molecule has 0 bridgehead atoms. The second kappa shape index (κ2) is 16.6. The molecule has 3 aromatic carbocycles. The van der Waals surface area contributed by atoms with Crippen molar-refractivity contribution in [3.63, 3.8) is 0 Å². The minimum absolute atomic E-state index is 0. The molecule has 4 aromatic rings. The molecule has 0 N–H and O–H groups in total. The van der Waals surface area contributed by atoms with Crippen LogP contribution in [0.25, 0.3) is 32.8 Å². The zero-order chi connectivity index (χ0) is 35.9. The fourth-order valence-electron chi connectivity index (χ4n) is 7.92. The maximum atomic E-state index is 17.1. The van der Waals surface area contributed by atoms with Crippen LogP contribution in [0.4, 0.5) is 19.4 Å². The van der Waals surface area contributed by atoms with Gasteiger partial charge >= 0.3 is 189 Å². The number of hydrogen-bond acceptors (Lipinski definition) is 9. The zero-order valence-corrected chi connectivity index (χ0v) is 37.0. The summed E-state index contributed by atoms with van der Waals surface area (Å²) in [6.07, 6.45) is 0.812. The molecule has 4 heterocycles. The first-order valence-corrected chi connectivity index (χ1v) is 19.6. The Balaban J connectivity index is 0.00000271. The van der Waals surface area contributed by atoms with Crippen molar-refractivity contribution in [3.8, 4) is 32.6 Å². The number of nitriles is 1. The number of halogens is 2. The summed E-state index contributed by atoms with van der Waals surface area (Å²) >= 11 is 0.498. The van der Waals surface area contributed by atoms with Crippen molar-refractivity contribution < 1.29 is 23.0 Å². The van der Waals surface area contributed by atoms with Crippen LogP contribution in [0.15, 0.2) is 48.5 Å². The molecule has 3 fully saturated rings. The number of nitrogens with zero attached hydrogens (tertiary/aromatic N) is 6. The summed E-state index contributed by atoms with van der Waals surface area (Å²) in [5.41, 5.74) is 0.882. The third-order valence-electron chi connectivity index (χ3n) is 10.1. The number of rotatable bonds is 6. The van der Waals surface area contributed by atoms with Crippen LogP contribution in [0.3, 0.4) is 0 Å². The molecule has 14 heteroatoms. The number of carbonyl (C=O) groups is 1. The summed E-state index contributed by atoms with van der Waals surface area (Å²) < 4.78 is 46.8. The molecule has 0 radical (unpaired) electrons. The third-order valence-corrected chi connectivity index (χ3v) is 10.7. The van der Waals surface area contributed by atoms with E-state index in [-0.39, 0.29) is 61.0 Å². The van der Waals surface area contributed by atoms with Gasteiger partial charge in [0.25, 0.3) is 0 Å². The Bertz CT molecular complexity index is 2120. The second-order valence-electron chi connectivity index (χ2n) is 14.6. The van der Waals surface area contributed by atoms with Gasteiger partial charge in [-0.15, -0.1) is 0 Å². The van der Waals surface area contributed by atoms with Crippen LogP contribution in [-0.2, 0) is 18.2 Å². The summed E-state index contributed by atoms with van der Waals surface area (Å²) in [6, 6.07) is 17.0. The minimum atomic E-state index is -0.925. The van der Waals surface area contributed by atoms with E-state index in [0.29, 0.717) is 67.6 Å². The Hall–Kier alpha value is -3.30. The van der Waals surface area contributed by atoms with E-state index < -0.39 is 35.3 Å². The van der Waals surface area contributed by atoms with Gasteiger partial charge < -0.3 is 23.1 Å². The first-order chi connectivity index (χ1) is 24.5. The topological polar surface area (TPSA) is 94.8 Å². The van der Waals surface area contributed by atoms with E-state index >= 15 is 4.39 Å². The van der Waals surface area contributed by atoms with Gasteiger partial charge in [-0.05, 0) is 40.2 Å². The second-order valence-corrected chi connectivity index (χ2v) is 15.8. The molecule has 4 atom stereocenters. The van der Waals surface area contributed by atoms with E-state index in [0.717, 1.165) is 35.7 Å². The van der Waals surface area contributed by atoms with Crippen molar-refractivity contribution in [3.05, 3.63) is 59.9 Å². The van der Waals surface area contributed by atoms with Crippen LogP contribution in [-0.4, -0.2) is 114 Å². The molecule has 3 saturated heterocycles. The Morgan fingerprint density at radius 2 is 1.85 bits per heavy atom. The van der Waals surface area contributed by atoms with Crippen molar-refractivity contribution in [1.29, 1.82) is 5.26 Å².